The zero-order chi connectivity index (χ0) is 22.3. The summed E-state index contributed by atoms with van der Waals surface area (Å²) in [5.74, 6) is 1.07. The summed E-state index contributed by atoms with van der Waals surface area (Å²) in [7, 11) is 0. The summed E-state index contributed by atoms with van der Waals surface area (Å²) >= 11 is 9.45. The average molecular weight is 511 g/mol. The van der Waals surface area contributed by atoms with Gasteiger partial charge in [-0.2, -0.15) is 0 Å². The highest BCUT2D eigenvalue weighted by atomic mass is 79.9. The Morgan fingerprint density at radius 3 is 2.59 bits per heavy atom. The highest BCUT2D eigenvalue weighted by Crippen LogP contribution is 2.20. The lowest BCUT2D eigenvalue weighted by Gasteiger charge is -2.10. The molecular formula is C26H25BrClN3O. The van der Waals surface area contributed by atoms with Crippen molar-refractivity contribution in [2.24, 2.45) is 0 Å². The van der Waals surface area contributed by atoms with E-state index in [4.69, 9.17) is 16.6 Å². The second-order valence-corrected chi connectivity index (χ2v) is 9.16. The predicted octanol–water partition coefficient (Wildman–Crippen LogP) is 6.64. The van der Waals surface area contributed by atoms with Crippen LogP contribution in [0, 0.1) is 0 Å². The van der Waals surface area contributed by atoms with Gasteiger partial charge in [0, 0.05) is 34.6 Å². The Morgan fingerprint density at radius 2 is 1.78 bits per heavy atom. The largest absolute Gasteiger partial charge is 0.352 e. The standard InChI is InChI=1S/C26H25BrClN3O/c27-21-8-6-7-20(17-21)26(32)29-16-5-1-2-11-25-30-23-9-3-4-10-24(23)31(25)18-19-12-14-22(28)15-13-19/h3-4,6-10,12-15,17H,1-2,5,11,16,18H2,(H,29,32). The number of para-hydroxylation sites is 2. The Bertz CT molecular complexity index is 1200. The fraction of sp³-hybridized carbons (Fsp3) is 0.231. The summed E-state index contributed by atoms with van der Waals surface area (Å²) in [6, 6.07) is 23.7. The van der Waals surface area contributed by atoms with Crippen LogP contribution in [0.25, 0.3) is 11.0 Å². The molecule has 0 aliphatic carbocycles. The highest BCUT2D eigenvalue weighted by molar-refractivity contribution is 9.10. The first-order valence-corrected chi connectivity index (χ1v) is 12.0. The lowest BCUT2D eigenvalue weighted by Crippen LogP contribution is -2.24. The summed E-state index contributed by atoms with van der Waals surface area (Å²) in [4.78, 5) is 17.1. The van der Waals surface area contributed by atoms with E-state index in [1.807, 2.05) is 42.5 Å². The molecule has 6 heteroatoms. The van der Waals surface area contributed by atoms with Crippen molar-refractivity contribution in [2.75, 3.05) is 6.54 Å². The summed E-state index contributed by atoms with van der Waals surface area (Å²) in [6.07, 6.45) is 3.90. The van der Waals surface area contributed by atoms with Crippen LogP contribution in [0.5, 0.6) is 0 Å². The third-order valence-corrected chi connectivity index (χ3v) is 6.18. The number of unbranched alkanes of at least 4 members (excludes halogenated alkanes) is 2. The number of benzene rings is 3. The Balaban J connectivity index is 1.32. The number of amides is 1. The Hall–Kier alpha value is -2.63. The van der Waals surface area contributed by atoms with E-state index in [-0.39, 0.29) is 5.91 Å². The quantitative estimate of drug-likeness (QED) is 0.256. The van der Waals surface area contributed by atoms with Crippen molar-refractivity contribution in [3.8, 4) is 0 Å². The number of aryl methyl sites for hydroxylation is 1. The van der Waals surface area contributed by atoms with Crippen LogP contribution in [0.3, 0.4) is 0 Å². The molecule has 0 aliphatic heterocycles. The monoisotopic (exact) mass is 509 g/mol. The highest BCUT2D eigenvalue weighted by Gasteiger charge is 2.11. The first kappa shape index (κ1) is 22.6. The Labute approximate surface area is 201 Å². The van der Waals surface area contributed by atoms with Crippen molar-refractivity contribution >= 4 is 44.5 Å². The Kier molecular flexibility index (Phi) is 7.61. The van der Waals surface area contributed by atoms with Gasteiger partial charge in [-0.3, -0.25) is 4.79 Å². The number of fused-ring (bicyclic) bond motifs is 1. The summed E-state index contributed by atoms with van der Waals surface area (Å²) in [5.41, 5.74) is 4.06. The number of halogens is 2. The molecule has 4 rings (SSSR count). The lowest BCUT2D eigenvalue weighted by atomic mass is 10.1. The minimum absolute atomic E-state index is 0.0314. The summed E-state index contributed by atoms with van der Waals surface area (Å²) in [6.45, 7) is 1.45. The van der Waals surface area contributed by atoms with Crippen LogP contribution in [-0.2, 0) is 13.0 Å². The van der Waals surface area contributed by atoms with Gasteiger partial charge in [-0.05, 0) is 60.9 Å². The van der Waals surface area contributed by atoms with Gasteiger partial charge in [-0.1, -0.05) is 64.3 Å². The van der Waals surface area contributed by atoms with Gasteiger partial charge in [-0.25, -0.2) is 4.98 Å². The van der Waals surface area contributed by atoms with Gasteiger partial charge in [0.2, 0.25) is 0 Å². The van der Waals surface area contributed by atoms with E-state index in [0.29, 0.717) is 12.1 Å². The van der Waals surface area contributed by atoms with E-state index >= 15 is 0 Å². The van der Waals surface area contributed by atoms with Crippen LogP contribution in [0.2, 0.25) is 5.02 Å². The molecule has 0 saturated carbocycles. The molecule has 1 N–H and O–H groups in total. The van der Waals surface area contributed by atoms with Crippen molar-refractivity contribution in [1.29, 1.82) is 0 Å². The van der Waals surface area contributed by atoms with Crippen LogP contribution in [0.1, 0.15) is 41.0 Å². The fourth-order valence-electron chi connectivity index (χ4n) is 3.78. The first-order valence-electron chi connectivity index (χ1n) is 10.8. The first-order chi connectivity index (χ1) is 15.6. The predicted molar refractivity (Wildman–Crippen MR) is 134 cm³/mol. The maximum atomic E-state index is 12.2. The van der Waals surface area contributed by atoms with E-state index < -0.39 is 0 Å². The molecule has 0 fully saturated rings. The van der Waals surface area contributed by atoms with Gasteiger partial charge in [0.05, 0.1) is 11.0 Å². The number of carbonyl (C=O) groups is 1. The number of carbonyl (C=O) groups excluding carboxylic acids is 1. The number of hydrogen-bond donors (Lipinski definition) is 1. The van der Waals surface area contributed by atoms with Gasteiger partial charge in [0.15, 0.2) is 0 Å². The van der Waals surface area contributed by atoms with E-state index in [0.717, 1.165) is 58.6 Å². The van der Waals surface area contributed by atoms with Crippen molar-refractivity contribution in [3.63, 3.8) is 0 Å². The molecule has 0 unspecified atom stereocenters. The van der Waals surface area contributed by atoms with Gasteiger partial charge in [0.25, 0.3) is 5.91 Å². The fourth-order valence-corrected chi connectivity index (χ4v) is 4.31. The van der Waals surface area contributed by atoms with Crippen LogP contribution < -0.4 is 5.32 Å². The van der Waals surface area contributed by atoms with Gasteiger partial charge >= 0.3 is 0 Å². The maximum Gasteiger partial charge on any atom is 0.251 e. The molecule has 164 valence electrons. The summed E-state index contributed by atoms with van der Waals surface area (Å²) < 4.78 is 3.21. The second-order valence-electron chi connectivity index (χ2n) is 7.81. The number of aromatic nitrogens is 2. The minimum Gasteiger partial charge on any atom is -0.352 e. The van der Waals surface area contributed by atoms with Gasteiger partial charge in [0.1, 0.15) is 5.82 Å². The Morgan fingerprint density at radius 1 is 0.969 bits per heavy atom. The topological polar surface area (TPSA) is 46.9 Å². The number of nitrogens with one attached hydrogen (secondary N) is 1. The molecule has 0 saturated heterocycles. The molecule has 4 nitrogen and oxygen atoms in total. The maximum absolute atomic E-state index is 12.2. The van der Waals surface area contributed by atoms with Gasteiger partial charge < -0.3 is 9.88 Å². The molecular weight excluding hydrogens is 486 g/mol. The minimum atomic E-state index is -0.0314. The van der Waals surface area contributed by atoms with Gasteiger partial charge in [-0.15, -0.1) is 0 Å². The molecule has 32 heavy (non-hydrogen) atoms. The van der Waals surface area contributed by atoms with E-state index in [1.54, 1.807) is 0 Å². The van der Waals surface area contributed by atoms with Crippen molar-refractivity contribution in [3.05, 3.63) is 99.2 Å². The number of imidazole rings is 1. The number of rotatable bonds is 9. The molecule has 4 aromatic rings. The average Bonchev–Trinajstić information content (AvgIpc) is 3.14. The third kappa shape index (κ3) is 5.78. The van der Waals surface area contributed by atoms with Crippen molar-refractivity contribution in [1.82, 2.24) is 14.9 Å². The zero-order valence-electron chi connectivity index (χ0n) is 17.7. The van der Waals surface area contributed by atoms with Crippen LogP contribution in [0.4, 0.5) is 0 Å². The van der Waals surface area contributed by atoms with Crippen LogP contribution >= 0.6 is 27.5 Å². The second kappa shape index (κ2) is 10.8. The molecule has 0 radical (unpaired) electrons. The number of hydrogen-bond acceptors (Lipinski definition) is 2. The molecule has 3 aromatic carbocycles. The molecule has 0 bridgehead atoms. The van der Waals surface area contributed by atoms with Crippen molar-refractivity contribution in [2.45, 2.75) is 32.2 Å². The molecule has 0 aliphatic rings. The summed E-state index contributed by atoms with van der Waals surface area (Å²) in [5, 5.41) is 3.75. The van der Waals surface area contributed by atoms with E-state index in [9.17, 15) is 4.79 Å². The number of nitrogens with zero attached hydrogens (tertiary/aromatic N) is 2. The van der Waals surface area contributed by atoms with Crippen molar-refractivity contribution < 1.29 is 4.79 Å². The molecule has 1 amide bonds. The smallest absolute Gasteiger partial charge is 0.251 e. The molecule has 0 atom stereocenters. The van der Waals surface area contributed by atoms with Crippen LogP contribution in [-0.4, -0.2) is 22.0 Å². The SMILES string of the molecule is O=C(NCCCCCc1nc2ccccc2n1Cc1ccc(Cl)cc1)c1cccc(Br)c1. The molecule has 1 aromatic heterocycles. The normalized spacial score (nSPS) is 11.1. The molecule has 1 heterocycles. The van der Waals surface area contributed by atoms with E-state index in [1.165, 1.54) is 5.56 Å². The third-order valence-electron chi connectivity index (χ3n) is 5.44. The zero-order valence-corrected chi connectivity index (χ0v) is 20.1. The van der Waals surface area contributed by atoms with E-state index in [2.05, 4.69) is 56.1 Å². The van der Waals surface area contributed by atoms with Crippen LogP contribution in [0.15, 0.2) is 77.3 Å². The molecule has 0 spiro atoms. The lowest BCUT2D eigenvalue weighted by molar-refractivity contribution is 0.0953.